The summed E-state index contributed by atoms with van der Waals surface area (Å²) in [5.41, 5.74) is 0. The van der Waals surface area contributed by atoms with E-state index in [1.807, 2.05) is 6.92 Å². The summed E-state index contributed by atoms with van der Waals surface area (Å²) >= 11 is 1.62. The molecule has 2 fully saturated rings. The predicted octanol–water partition coefficient (Wildman–Crippen LogP) is 0.321. The van der Waals surface area contributed by atoms with Crippen molar-refractivity contribution in [2.75, 3.05) is 30.3 Å². The summed E-state index contributed by atoms with van der Waals surface area (Å²) in [6, 6.07) is 0.145. The van der Waals surface area contributed by atoms with Crippen LogP contribution in [0.4, 0.5) is 0 Å². The van der Waals surface area contributed by atoms with Gasteiger partial charge < -0.3 is 10.2 Å². The highest BCUT2D eigenvalue weighted by Gasteiger charge is 2.40. The minimum atomic E-state index is -3.20. The normalized spacial score (nSPS) is 32.5. The molecule has 5 nitrogen and oxygen atoms in total. The van der Waals surface area contributed by atoms with Crippen LogP contribution in [-0.2, 0) is 14.6 Å². The van der Waals surface area contributed by atoms with Crippen LogP contribution >= 0.6 is 11.8 Å². The molecule has 2 aliphatic heterocycles. The zero-order chi connectivity index (χ0) is 14.0. The number of carbonyl (C=O) groups is 1. The molecule has 0 aromatic carbocycles. The first-order valence-corrected chi connectivity index (χ1v) is 9.67. The Morgan fingerprint density at radius 1 is 1.47 bits per heavy atom. The molecule has 3 unspecified atom stereocenters. The smallest absolute Gasteiger partial charge is 0.228 e. The van der Waals surface area contributed by atoms with E-state index >= 15 is 0 Å². The second kappa shape index (κ2) is 6.01. The zero-order valence-corrected chi connectivity index (χ0v) is 13.1. The molecule has 2 saturated heterocycles. The summed E-state index contributed by atoms with van der Waals surface area (Å²) in [5, 5.41) is 2.63. The second-order valence-electron chi connectivity index (χ2n) is 5.15. The van der Waals surface area contributed by atoms with E-state index in [2.05, 4.69) is 5.32 Å². The minimum Gasteiger partial charge on any atom is -0.324 e. The number of thioether (sulfide) groups is 1. The Labute approximate surface area is 119 Å². The van der Waals surface area contributed by atoms with Gasteiger partial charge in [0.15, 0.2) is 9.84 Å². The molecule has 0 aromatic heterocycles. The Bertz CT molecular complexity index is 438. The highest BCUT2D eigenvalue weighted by atomic mass is 32.2. The van der Waals surface area contributed by atoms with Gasteiger partial charge in [-0.3, -0.25) is 4.79 Å². The minimum absolute atomic E-state index is 0.0137. The fourth-order valence-corrected chi connectivity index (χ4v) is 5.71. The Morgan fingerprint density at radius 2 is 2.21 bits per heavy atom. The number of carbonyl (C=O) groups excluding carboxylic acids is 1. The van der Waals surface area contributed by atoms with Gasteiger partial charge in [-0.05, 0) is 19.9 Å². The molecule has 0 aromatic rings. The second-order valence-corrected chi connectivity index (χ2v) is 8.75. The summed E-state index contributed by atoms with van der Waals surface area (Å²) in [6.07, 6.45) is 0.808. The van der Waals surface area contributed by atoms with Gasteiger partial charge in [-0.1, -0.05) is 6.92 Å². The lowest BCUT2D eigenvalue weighted by Gasteiger charge is -2.36. The fraction of sp³-hybridized carbons (Fsp3) is 0.917. The van der Waals surface area contributed by atoms with Crippen LogP contribution in [0.15, 0.2) is 0 Å². The number of amides is 1. The molecule has 1 N–H and O–H groups in total. The van der Waals surface area contributed by atoms with Gasteiger partial charge in [-0.2, -0.15) is 11.8 Å². The molecule has 0 bridgehead atoms. The SMILES string of the molecule is CCS(=O)(=O)C1CSCCN1C(=O)C1CCNC1C. The fourth-order valence-electron chi connectivity index (χ4n) is 2.73. The summed E-state index contributed by atoms with van der Waals surface area (Å²) in [6.45, 7) is 5.04. The van der Waals surface area contributed by atoms with Crippen LogP contribution in [-0.4, -0.2) is 61.0 Å². The van der Waals surface area contributed by atoms with E-state index in [1.54, 1.807) is 23.6 Å². The molecule has 2 heterocycles. The zero-order valence-electron chi connectivity index (χ0n) is 11.5. The van der Waals surface area contributed by atoms with Gasteiger partial charge in [-0.25, -0.2) is 8.42 Å². The van der Waals surface area contributed by atoms with Crippen molar-refractivity contribution in [2.24, 2.45) is 5.92 Å². The molecule has 1 amide bonds. The van der Waals surface area contributed by atoms with Gasteiger partial charge in [0, 0.05) is 29.8 Å². The standard InChI is InChI=1S/C12H22N2O3S2/c1-3-19(16,17)11-8-18-7-6-14(11)12(15)10-4-5-13-9(10)2/h9-11,13H,3-8H2,1-2H3. The molecule has 0 aliphatic carbocycles. The van der Waals surface area contributed by atoms with Gasteiger partial charge in [-0.15, -0.1) is 0 Å². The summed E-state index contributed by atoms with van der Waals surface area (Å²) in [4.78, 5) is 14.2. The van der Waals surface area contributed by atoms with Gasteiger partial charge in [0.1, 0.15) is 5.37 Å². The number of rotatable bonds is 3. The van der Waals surface area contributed by atoms with Crippen LogP contribution in [0.1, 0.15) is 20.3 Å². The maximum atomic E-state index is 12.6. The van der Waals surface area contributed by atoms with Crippen molar-refractivity contribution in [3.63, 3.8) is 0 Å². The highest BCUT2D eigenvalue weighted by Crippen LogP contribution is 2.26. The van der Waals surface area contributed by atoms with Crippen molar-refractivity contribution in [1.82, 2.24) is 10.2 Å². The maximum absolute atomic E-state index is 12.6. The lowest BCUT2D eigenvalue weighted by Crippen LogP contribution is -2.53. The predicted molar refractivity (Wildman–Crippen MR) is 77.9 cm³/mol. The number of nitrogens with zero attached hydrogens (tertiary/aromatic N) is 1. The average molecular weight is 306 g/mol. The number of hydrogen-bond donors (Lipinski definition) is 1. The summed E-state index contributed by atoms with van der Waals surface area (Å²) in [7, 11) is -3.20. The monoisotopic (exact) mass is 306 g/mol. The van der Waals surface area contributed by atoms with Gasteiger partial charge in [0.25, 0.3) is 0 Å². The van der Waals surface area contributed by atoms with E-state index in [9.17, 15) is 13.2 Å². The van der Waals surface area contributed by atoms with Crippen molar-refractivity contribution >= 4 is 27.5 Å². The van der Waals surface area contributed by atoms with Crippen molar-refractivity contribution in [3.05, 3.63) is 0 Å². The van der Waals surface area contributed by atoms with E-state index in [0.717, 1.165) is 18.7 Å². The van der Waals surface area contributed by atoms with E-state index in [4.69, 9.17) is 0 Å². The van der Waals surface area contributed by atoms with Gasteiger partial charge >= 0.3 is 0 Å². The Hall–Kier alpha value is -0.270. The largest absolute Gasteiger partial charge is 0.324 e. The third-order valence-electron chi connectivity index (χ3n) is 4.03. The third kappa shape index (κ3) is 3.08. The van der Waals surface area contributed by atoms with E-state index in [-0.39, 0.29) is 23.6 Å². The highest BCUT2D eigenvalue weighted by molar-refractivity contribution is 8.01. The van der Waals surface area contributed by atoms with E-state index in [1.165, 1.54) is 0 Å². The molecule has 3 atom stereocenters. The average Bonchev–Trinajstić information content (AvgIpc) is 2.84. The van der Waals surface area contributed by atoms with Crippen molar-refractivity contribution in [3.8, 4) is 0 Å². The van der Waals surface area contributed by atoms with Crippen LogP contribution in [0.25, 0.3) is 0 Å². The van der Waals surface area contributed by atoms with E-state index < -0.39 is 15.2 Å². The topological polar surface area (TPSA) is 66.5 Å². The molecular formula is C12H22N2O3S2. The molecule has 19 heavy (non-hydrogen) atoms. The van der Waals surface area contributed by atoms with Gasteiger partial charge in [0.05, 0.1) is 5.92 Å². The molecule has 2 rings (SSSR count). The first kappa shape index (κ1) is 15.1. The molecule has 0 spiro atoms. The summed E-state index contributed by atoms with van der Waals surface area (Å²) < 4.78 is 24.3. The Morgan fingerprint density at radius 3 is 2.79 bits per heavy atom. The van der Waals surface area contributed by atoms with Crippen LogP contribution in [0, 0.1) is 5.92 Å². The van der Waals surface area contributed by atoms with Crippen LogP contribution < -0.4 is 5.32 Å². The number of hydrogen-bond acceptors (Lipinski definition) is 5. The van der Waals surface area contributed by atoms with Crippen molar-refractivity contribution in [2.45, 2.75) is 31.7 Å². The number of nitrogens with one attached hydrogen (secondary N) is 1. The lowest BCUT2D eigenvalue weighted by atomic mass is 10.0. The van der Waals surface area contributed by atoms with Crippen LogP contribution in [0.3, 0.4) is 0 Å². The van der Waals surface area contributed by atoms with Crippen LogP contribution in [0.5, 0.6) is 0 Å². The van der Waals surface area contributed by atoms with Crippen molar-refractivity contribution < 1.29 is 13.2 Å². The Balaban J connectivity index is 2.18. The van der Waals surface area contributed by atoms with E-state index in [0.29, 0.717) is 12.3 Å². The molecule has 0 saturated carbocycles. The maximum Gasteiger partial charge on any atom is 0.228 e. The quantitative estimate of drug-likeness (QED) is 0.813. The van der Waals surface area contributed by atoms with Crippen molar-refractivity contribution in [1.29, 1.82) is 0 Å². The molecule has 7 heteroatoms. The van der Waals surface area contributed by atoms with Crippen LogP contribution in [0.2, 0.25) is 0 Å². The molecule has 110 valence electrons. The Kier molecular flexibility index (Phi) is 4.79. The summed E-state index contributed by atoms with van der Waals surface area (Å²) in [5.74, 6) is 1.38. The molecular weight excluding hydrogens is 284 g/mol. The lowest BCUT2D eigenvalue weighted by molar-refractivity contribution is -0.136. The first-order valence-electron chi connectivity index (χ1n) is 6.80. The van der Waals surface area contributed by atoms with Gasteiger partial charge in [0.2, 0.25) is 5.91 Å². The molecule has 0 radical (unpaired) electrons. The third-order valence-corrected chi connectivity index (χ3v) is 7.32. The molecule has 2 aliphatic rings. The number of sulfone groups is 1. The first-order chi connectivity index (χ1) is 8.97.